The summed E-state index contributed by atoms with van der Waals surface area (Å²) in [5.74, 6) is 0.194. The number of benzene rings is 2. The van der Waals surface area contributed by atoms with E-state index >= 15 is 0 Å². The van der Waals surface area contributed by atoms with Crippen LogP contribution in [0.4, 0.5) is 5.69 Å². The van der Waals surface area contributed by atoms with Gasteiger partial charge in [0.2, 0.25) is 0 Å². The predicted molar refractivity (Wildman–Crippen MR) is 166 cm³/mol. The number of anilines is 1. The van der Waals surface area contributed by atoms with Crippen molar-refractivity contribution >= 4 is 33.2 Å². The van der Waals surface area contributed by atoms with Gasteiger partial charge in [0.05, 0.1) is 16.7 Å². The quantitative estimate of drug-likeness (QED) is 0.359. The summed E-state index contributed by atoms with van der Waals surface area (Å²) in [6.07, 6.45) is 5.60. The Labute approximate surface area is 265 Å². The van der Waals surface area contributed by atoms with Crippen molar-refractivity contribution in [3.63, 3.8) is 0 Å². The van der Waals surface area contributed by atoms with Crippen molar-refractivity contribution in [3.8, 4) is 5.75 Å². The van der Waals surface area contributed by atoms with Crippen LogP contribution in [0.3, 0.4) is 0 Å². The maximum Gasteiger partial charge on any atom is 0.193 e. The van der Waals surface area contributed by atoms with Crippen molar-refractivity contribution in [2.45, 2.75) is 70.2 Å². The Bertz CT molecular complexity index is 1590. The Morgan fingerprint density at radius 3 is 2.77 bits per heavy atom. The number of ether oxygens (including phenoxy) is 3. The largest absolute Gasteiger partial charge is 0.488 e. The number of nitrogens with two attached hydrogens (primary N) is 1. The van der Waals surface area contributed by atoms with Crippen LogP contribution in [0.15, 0.2) is 70.7 Å². The Morgan fingerprint density at radius 1 is 1.20 bits per heavy atom. The molecule has 0 radical (unpaired) electrons. The molecule has 8 nitrogen and oxygen atoms in total. The summed E-state index contributed by atoms with van der Waals surface area (Å²) in [5.41, 5.74) is 6.65. The Kier molecular flexibility index (Phi) is 7.21. The number of fused-ring (bicyclic) bond motifs is 7. The Morgan fingerprint density at radius 2 is 2.00 bits per heavy atom. The molecule has 9 heteroatoms. The number of carbonyl (C=O) groups is 2. The zero-order valence-corrected chi connectivity index (χ0v) is 26.5. The molecule has 0 aromatic heterocycles. The van der Waals surface area contributed by atoms with E-state index in [9.17, 15) is 19.8 Å². The van der Waals surface area contributed by atoms with Gasteiger partial charge in [0, 0.05) is 28.0 Å². The van der Waals surface area contributed by atoms with E-state index in [4.69, 9.17) is 19.9 Å². The maximum absolute atomic E-state index is 13.8. The van der Waals surface area contributed by atoms with Crippen LogP contribution in [-0.4, -0.2) is 46.2 Å². The van der Waals surface area contributed by atoms with E-state index in [1.807, 2.05) is 55.5 Å². The zero-order valence-electron chi connectivity index (χ0n) is 24.9. The van der Waals surface area contributed by atoms with E-state index < -0.39 is 47.3 Å². The van der Waals surface area contributed by atoms with E-state index in [0.29, 0.717) is 40.9 Å². The molecule has 9 atom stereocenters. The summed E-state index contributed by atoms with van der Waals surface area (Å²) in [4.78, 5) is 26.0. The highest BCUT2D eigenvalue weighted by Gasteiger charge is 2.76. The fourth-order valence-corrected chi connectivity index (χ4v) is 10.1. The van der Waals surface area contributed by atoms with Crippen LogP contribution in [0.2, 0.25) is 0 Å². The van der Waals surface area contributed by atoms with Crippen molar-refractivity contribution in [1.29, 1.82) is 0 Å². The molecule has 3 saturated carbocycles. The highest BCUT2D eigenvalue weighted by molar-refractivity contribution is 9.10. The van der Waals surface area contributed by atoms with Crippen LogP contribution in [0.5, 0.6) is 5.75 Å². The third-order valence-electron chi connectivity index (χ3n) is 11.4. The van der Waals surface area contributed by atoms with E-state index in [1.54, 1.807) is 12.2 Å². The summed E-state index contributed by atoms with van der Waals surface area (Å²) >= 11 is 3.69. The first-order valence-electron chi connectivity index (χ1n) is 15.4. The molecule has 0 unspecified atom stereocenters. The smallest absolute Gasteiger partial charge is 0.193 e. The maximum atomic E-state index is 13.8. The number of hydrogen-bond donors (Lipinski definition) is 3. The van der Waals surface area contributed by atoms with Crippen LogP contribution in [0.25, 0.3) is 0 Å². The molecule has 4 fully saturated rings. The molecule has 7 rings (SSSR count). The first-order valence-corrected chi connectivity index (χ1v) is 16.2. The van der Waals surface area contributed by atoms with Gasteiger partial charge in [-0.1, -0.05) is 49.8 Å². The minimum Gasteiger partial charge on any atom is -0.488 e. The second kappa shape index (κ2) is 10.6. The van der Waals surface area contributed by atoms with Crippen molar-refractivity contribution < 1.29 is 34.0 Å². The van der Waals surface area contributed by atoms with Crippen LogP contribution in [0.1, 0.15) is 56.9 Å². The summed E-state index contributed by atoms with van der Waals surface area (Å²) in [6, 6.07) is 13.1. The summed E-state index contributed by atoms with van der Waals surface area (Å²) in [6.45, 7) is 3.79. The average Bonchev–Trinajstić information content (AvgIpc) is 3.49. The second-order valence-corrected chi connectivity index (χ2v) is 14.3. The lowest BCUT2D eigenvalue weighted by molar-refractivity contribution is -0.201. The van der Waals surface area contributed by atoms with Gasteiger partial charge >= 0.3 is 0 Å². The first kappa shape index (κ1) is 29.9. The number of Topliss-reactive ketones (excluding diaryl/α,β-unsaturated/α-hetero) is 1. The molecule has 1 saturated heterocycles. The van der Waals surface area contributed by atoms with Crippen molar-refractivity contribution in [1.82, 2.24) is 0 Å². The monoisotopic (exact) mass is 663 g/mol. The number of hydrogen-bond acceptors (Lipinski definition) is 8. The number of carbonyl (C=O) groups excluding carboxylic acids is 2. The van der Waals surface area contributed by atoms with Gasteiger partial charge in [0.25, 0.3) is 0 Å². The summed E-state index contributed by atoms with van der Waals surface area (Å²) < 4.78 is 20.2. The first-order chi connectivity index (χ1) is 21.0. The number of aliphatic hydroxyl groups is 2. The molecule has 232 valence electrons. The van der Waals surface area contributed by atoms with Crippen LogP contribution >= 0.6 is 15.9 Å². The third-order valence-corrected chi connectivity index (χ3v) is 12.2. The summed E-state index contributed by atoms with van der Waals surface area (Å²) in [7, 11) is 0. The summed E-state index contributed by atoms with van der Waals surface area (Å²) in [5, 5.41) is 22.1. The van der Waals surface area contributed by atoms with Gasteiger partial charge in [-0.15, -0.1) is 0 Å². The molecule has 0 amide bonds. The molecule has 44 heavy (non-hydrogen) atoms. The van der Waals surface area contributed by atoms with E-state index in [0.717, 1.165) is 24.0 Å². The molecule has 0 spiro atoms. The molecule has 4 aliphatic carbocycles. The highest BCUT2D eigenvalue weighted by atomic mass is 79.9. The molecule has 1 heterocycles. The predicted octanol–water partition coefficient (Wildman–Crippen LogP) is 5.21. The van der Waals surface area contributed by atoms with Gasteiger partial charge in [-0.3, -0.25) is 9.59 Å². The van der Waals surface area contributed by atoms with Gasteiger partial charge in [0.15, 0.2) is 23.5 Å². The molecule has 4 N–H and O–H groups in total. The lowest BCUT2D eigenvalue weighted by Gasteiger charge is -2.59. The standard InChI is InChI=1S/C35H38BrNO7/c1-33-12-11-22(39)14-20(33)9-10-23-25-15-29-35(28(41)17-38,34(25,2)16-26(40)30(23)33)44-32(43-29)24-7-4-8-27(31(24)36)42-18-19-5-3-6-21(37)13-19/h3-8,11-14,23,25-26,29-30,32,38,40H,9-10,15-18,37H2,1-2H3/t23-,25-,26-,29+,30+,32-,33-,34-,35+/m0/s1. The van der Waals surface area contributed by atoms with Gasteiger partial charge in [-0.2, -0.15) is 0 Å². The minimum absolute atomic E-state index is 0.00723. The highest BCUT2D eigenvalue weighted by Crippen LogP contribution is 2.70. The van der Waals surface area contributed by atoms with Gasteiger partial charge < -0.3 is 30.2 Å². The molecule has 2 aromatic rings. The number of halogens is 1. The van der Waals surface area contributed by atoms with Crippen LogP contribution < -0.4 is 10.5 Å². The van der Waals surface area contributed by atoms with Crippen LogP contribution in [0, 0.1) is 28.6 Å². The number of ketones is 2. The average molecular weight is 665 g/mol. The second-order valence-electron chi connectivity index (χ2n) is 13.5. The van der Waals surface area contributed by atoms with Crippen molar-refractivity contribution in [3.05, 3.63) is 81.9 Å². The number of allylic oxidation sites excluding steroid dienone is 4. The minimum atomic E-state index is -1.42. The van der Waals surface area contributed by atoms with Crippen LogP contribution in [-0.2, 0) is 25.7 Å². The third kappa shape index (κ3) is 4.23. The fraction of sp³-hybridized carbons (Fsp3) is 0.486. The van der Waals surface area contributed by atoms with E-state index in [2.05, 4.69) is 22.9 Å². The normalized spacial score (nSPS) is 38.8. The van der Waals surface area contributed by atoms with Crippen molar-refractivity contribution in [2.75, 3.05) is 12.3 Å². The number of rotatable bonds is 6. The molecular weight excluding hydrogens is 626 g/mol. The van der Waals surface area contributed by atoms with E-state index in [-0.39, 0.29) is 23.5 Å². The number of aliphatic hydroxyl groups excluding tert-OH is 2. The van der Waals surface area contributed by atoms with Crippen molar-refractivity contribution in [2.24, 2.45) is 28.6 Å². The fourth-order valence-electron chi connectivity index (χ4n) is 9.49. The lowest BCUT2D eigenvalue weighted by Crippen LogP contribution is -2.63. The SMILES string of the molecule is C[C@]12C=CC(=O)C=C1CC[C@@H]1[C@@H]2[C@@H](O)C[C@@]2(C)[C@H]1C[C@H]1O[C@H](c3cccc(OCc4cccc(N)c4)c3Br)O[C@]12C(=O)CO. The van der Waals surface area contributed by atoms with E-state index in [1.165, 1.54) is 0 Å². The molecular formula is C35H38BrNO7. The Hall–Kier alpha value is -2.82. The number of nitrogen functional groups attached to an aromatic ring is 1. The molecule has 1 aliphatic heterocycles. The topological polar surface area (TPSA) is 128 Å². The molecule has 5 aliphatic rings. The zero-order chi connectivity index (χ0) is 31.0. The molecule has 2 aromatic carbocycles. The van der Waals surface area contributed by atoms with Gasteiger partial charge in [-0.05, 0) is 89.4 Å². The Balaban J connectivity index is 1.19. The van der Waals surface area contributed by atoms with Gasteiger partial charge in [0.1, 0.15) is 19.0 Å². The molecule has 0 bridgehead atoms. The lowest BCUT2D eigenvalue weighted by atomic mass is 9.46. The van der Waals surface area contributed by atoms with Gasteiger partial charge in [-0.25, -0.2) is 0 Å².